The van der Waals surface area contributed by atoms with Crippen molar-refractivity contribution in [3.05, 3.63) is 54.1 Å². The predicted molar refractivity (Wildman–Crippen MR) is 122 cm³/mol. The number of nitrogens with two attached hydrogens (primary N) is 1. The number of nitrogens with zero attached hydrogens (tertiary/aromatic N) is 4. The molecule has 0 bridgehead atoms. The molecule has 35 heavy (non-hydrogen) atoms. The van der Waals surface area contributed by atoms with Gasteiger partial charge in [0, 0.05) is 23.0 Å². The van der Waals surface area contributed by atoms with Crippen molar-refractivity contribution >= 4 is 27.8 Å². The highest BCUT2D eigenvalue weighted by molar-refractivity contribution is 5.83. The summed E-state index contributed by atoms with van der Waals surface area (Å²) in [6.07, 6.45) is -2.17. The van der Waals surface area contributed by atoms with Crippen LogP contribution < -0.4 is 10.5 Å². The van der Waals surface area contributed by atoms with Gasteiger partial charge in [0.1, 0.15) is 47.5 Å². The Kier molecular flexibility index (Phi) is 4.92. The minimum atomic E-state index is -2.72. The molecule has 182 valence electrons. The van der Waals surface area contributed by atoms with E-state index in [1.165, 1.54) is 12.4 Å². The highest BCUT2D eigenvalue weighted by Gasteiger charge is 2.62. The Morgan fingerprint density at radius 3 is 2.89 bits per heavy atom. The largest absolute Gasteiger partial charge is 0.488 e. The monoisotopic (exact) mass is 483 g/mol. The lowest BCUT2D eigenvalue weighted by Gasteiger charge is -2.26. The first-order valence-corrected chi connectivity index (χ1v) is 11.3. The first-order valence-electron chi connectivity index (χ1n) is 11.3. The number of benzene rings is 1. The summed E-state index contributed by atoms with van der Waals surface area (Å²) in [6.45, 7) is 1.87. The molecule has 0 unspecified atom stereocenters. The summed E-state index contributed by atoms with van der Waals surface area (Å²) in [6, 6.07) is 8.05. The van der Waals surface area contributed by atoms with E-state index < -0.39 is 36.6 Å². The summed E-state index contributed by atoms with van der Waals surface area (Å²) in [5.41, 5.74) is 5.69. The van der Waals surface area contributed by atoms with E-state index >= 15 is 0 Å². The maximum atomic E-state index is 13.1. The third-order valence-corrected chi connectivity index (χ3v) is 7.08. The van der Waals surface area contributed by atoms with Crippen LogP contribution in [0.25, 0.3) is 21.9 Å². The van der Waals surface area contributed by atoms with Gasteiger partial charge in [0.2, 0.25) is 0 Å². The maximum Gasteiger partial charge on any atom is 0.267 e. The Morgan fingerprint density at radius 2 is 2.09 bits per heavy atom. The van der Waals surface area contributed by atoms with Gasteiger partial charge in [0.05, 0.1) is 16.8 Å². The standard InChI is InChI=1S/C24H23F2N5O4/c1-11-14-5-7-31(22(14)29-10-28-11)23-18(32)24(33)6-4-17(19(24)35-23)34-13-3-2-12-8-15(20(25)26)21(27)30-16(12)9-13/h2-3,5,7-10,17-20,23,32-33H,4,6H2,1H3,(H2,27,30)/t17-,18-,19+,23+,24-/m0/s1. The third-order valence-electron chi connectivity index (χ3n) is 7.08. The minimum absolute atomic E-state index is 0.233. The molecule has 1 saturated carbocycles. The first-order chi connectivity index (χ1) is 16.8. The van der Waals surface area contributed by atoms with Gasteiger partial charge in [-0.25, -0.2) is 23.7 Å². The summed E-state index contributed by atoms with van der Waals surface area (Å²) >= 11 is 0. The van der Waals surface area contributed by atoms with E-state index in [-0.39, 0.29) is 17.8 Å². The number of hydrogen-bond donors (Lipinski definition) is 3. The van der Waals surface area contributed by atoms with Gasteiger partial charge in [-0.2, -0.15) is 0 Å². The maximum absolute atomic E-state index is 13.1. The number of aliphatic hydroxyl groups is 2. The molecule has 1 aromatic carbocycles. The summed E-state index contributed by atoms with van der Waals surface area (Å²) in [4.78, 5) is 12.6. The van der Waals surface area contributed by atoms with Gasteiger partial charge in [-0.1, -0.05) is 0 Å². The number of nitrogen functional groups attached to an aromatic ring is 1. The highest BCUT2D eigenvalue weighted by Crippen LogP contribution is 2.48. The number of halogens is 2. The molecule has 4 aromatic rings. The second-order valence-electron chi connectivity index (χ2n) is 9.12. The van der Waals surface area contributed by atoms with E-state index in [2.05, 4.69) is 15.0 Å². The average Bonchev–Trinajstić information content (AvgIpc) is 3.46. The van der Waals surface area contributed by atoms with Gasteiger partial charge in [0.15, 0.2) is 6.23 Å². The van der Waals surface area contributed by atoms with Gasteiger partial charge >= 0.3 is 0 Å². The number of ether oxygens (including phenoxy) is 2. The van der Waals surface area contributed by atoms with Crippen molar-refractivity contribution in [2.75, 3.05) is 5.73 Å². The molecule has 6 rings (SSSR count). The van der Waals surface area contributed by atoms with E-state index in [9.17, 15) is 19.0 Å². The number of aryl methyl sites for hydroxylation is 1. The Balaban J connectivity index is 1.28. The molecule has 1 saturated heterocycles. The number of aliphatic hydroxyl groups excluding tert-OH is 1. The van der Waals surface area contributed by atoms with Crippen LogP contribution in [0.2, 0.25) is 0 Å². The molecule has 11 heteroatoms. The lowest BCUT2D eigenvalue weighted by molar-refractivity contribution is -0.0791. The summed E-state index contributed by atoms with van der Waals surface area (Å²) in [5, 5.41) is 23.7. The van der Waals surface area contributed by atoms with Gasteiger partial charge < -0.3 is 30.0 Å². The van der Waals surface area contributed by atoms with Gasteiger partial charge in [-0.05, 0) is 44.0 Å². The molecule has 4 N–H and O–H groups in total. The van der Waals surface area contributed by atoms with Crippen molar-refractivity contribution < 1.29 is 28.5 Å². The lowest BCUT2D eigenvalue weighted by atomic mass is 9.94. The van der Waals surface area contributed by atoms with Crippen molar-refractivity contribution in [2.24, 2.45) is 0 Å². The second-order valence-corrected chi connectivity index (χ2v) is 9.12. The zero-order chi connectivity index (χ0) is 24.5. The van der Waals surface area contributed by atoms with E-state index in [1.807, 2.05) is 13.0 Å². The van der Waals surface area contributed by atoms with Crippen molar-refractivity contribution in [1.29, 1.82) is 0 Å². The molecule has 4 heterocycles. The van der Waals surface area contributed by atoms with Crippen molar-refractivity contribution in [3.8, 4) is 5.75 Å². The molecule has 0 radical (unpaired) electrons. The molecule has 2 fully saturated rings. The van der Waals surface area contributed by atoms with Crippen LogP contribution >= 0.6 is 0 Å². The summed E-state index contributed by atoms with van der Waals surface area (Å²) < 4.78 is 40.3. The van der Waals surface area contributed by atoms with Gasteiger partial charge in [0.25, 0.3) is 6.43 Å². The molecule has 5 atom stereocenters. The van der Waals surface area contributed by atoms with Crippen molar-refractivity contribution in [1.82, 2.24) is 19.5 Å². The van der Waals surface area contributed by atoms with E-state index in [0.29, 0.717) is 28.7 Å². The average molecular weight is 483 g/mol. The number of rotatable bonds is 4. The number of hydrogen-bond acceptors (Lipinski definition) is 8. The summed E-state index contributed by atoms with van der Waals surface area (Å²) in [7, 11) is 0. The minimum Gasteiger partial charge on any atom is -0.488 e. The molecule has 0 amide bonds. The summed E-state index contributed by atoms with van der Waals surface area (Å²) in [5.74, 6) is 0.197. The van der Waals surface area contributed by atoms with E-state index in [0.717, 1.165) is 11.1 Å². The Morgan fingerprint density at radius 1 is 1.26 bits per heavy atom. The molecular formula is C24H23F2N5O4. The zero-order valence-electron chi connectivity index (χ0n) is 18.7. The van der Waals surface area contributed by atoms with Crippen LogP contribution in [0.4, 0.5) is 14.6 Å². The van der Waals surface area contributed by atoms with Crippen molar-refractivity contribution in [2.45, 2.75) is 56.3 Å². The number of pyridine rings is 1. The molecule has 9 nitrogen and oxygen atoms in total. The molecule has 3 aromatic heterocycles. The van der Waals surface area contributed by atoms with Crippen molar-refractivity contribution in [3.63, 3.8) is 0 Å². The molecule has 2 aliphatic rings. The normalized spacial score (nSPS) is 28.3. The van der Waals surface area contributed by atoms with Gasteiger partial charge in [-0.3, -0.25) is 0 Å². The quantitative estimate of drug-likeness (QED) is 0.404. The number of aromatic nitrogens is 4. The molecule has 1 aliphatic carbocycles. The lowest BCUT2D eigenvalue weighted by Crippen LogP contribution is -2.47. The molecular weight excluding hydrogens is 460 g/mol. The van der Waals surface area contributed by atoms with Crippen LogP contribution in [0.1, 0.15) is 36.8 Å². The number of fused-ring (bicyclic) bond motifs is 3. The Bertz CT molecular complexity index is 1450. The number of alkyl halides is 2. The van der Waals surface area contributed by atoms with E-state index in [4.69, 9.17) is 15.2 Å². The van der Waals surface area contributed by atoms with Crippen LogP contribution in [0.3, 0.4) is 0 Å². The fraction of sp³-hybridized carbons (Fsp3) is 0.375. The Labute approximate surface area is 198 Å². The van der Waals surface area contributed by atoms with Crippen LogP contribution in [0.15, 0.2) is 42.9 Å². The predicted octanol–water partition coefficient (Wildman–Crippen LogP) is 3.04. The van der Waals surface area contributed by atoms with Crippen LogP contribution in [-0.2, 0) is 4.74 Å². The smallest absolute Gasteiger partial charge is 0.267 e. The van der Waals surface area contributed by atoms with Crippen LogP contribution in [-0.4, -0.2) is 53.6 Å². The Hall–Kier alpha value is -3.41. The fourth-order valence-electron chi connectivity index (χ4n) is 5.22. The van der Waals surface area contributed by atoms with Gasteiger partial charge in [-0.15, -0.1) is 0 Å². The third kappa shape index (κ3) is 3.33. The van der Waals surface area contributed by atoms with Crippen LogP contribution in [0, 0.1) is 6.92 Å². The fourth-order valence-corrected chi connectivity index (χ4v) is 5.22. The topological polar surface area (TPSA) is 129 Å². The second kappa shape index (κ2) is 7.80. The van der Waals surface area contributed by atoms with Crippen LogP contribution in [0.5, 0.6) is 5.75 Å². The first kappa shape index (κ1) is 22.1. The SMILES string of the molecule is Cc1ncnc2c1ccn2[C@@H]1O[C@@H]2[C@@H](Oc3ccc4cc(C(F)F)c(N)nc4c3)CC[C@]2(O)[C@H]1O. The highest BCUT2D eigenvalue weighted by atomic mass is 19.3. The zero-order valence-corrected chi connectivity index (χ0v) is 18.7. The number of anilines is 1. The molecule has 1 aliphatic heterocycles. The molecule has 0 spiro atoms. The van der Waals surface area contributed by atoms with E-state index in [1.54, 1.807) is 29.0 Å².